The van der Waals surface area contributed by atoms with Crippen molar-refractivity contribution in [3.05, 3.63) is 12.7 Å². The first-order valence-corrected chi connectivity index (χ1v) is 10.7. The molecular formula is C16H24N6O5S. The van der Waals surface area contributed by atoms with E-state index >= 15 is 0 Å². The molecule has 12 heteroatoms. The van der Waals surface area contributed by atoms with Crippen LogP contribution in [0.25, 0.3) is 11.2 Å². The van der Waals surface area contributed by atoms with Gasteiger partial charge in [0.1, 0.15) is 41.7 Å². The molecule has 11 nitrogen and oxygen atoms in total. The quantitative estimate of drug-likeness (QED) is 0.326. The fourth-order valence-electron chi connectivity index (χ4n) is 3.22. The van der Waals surface area contributed by atoms with Crippen LogP contribution in [0.1, 0.15) is 12.6 Å². The molecule has 5 N–H and O–H groups in total. The third kappa shape index (κ3) is 4.05. The summed E-state index contributed by atoms with van der Waals surface area (Å²) in [5.41, 5.74) is 6.59. The number of nitrogen functional groups attached to an aromatic ring is 1. The minimum atomic E-state index is -1.16. The number of nitrogens with one attached hydrogen (secondary N) is 1. The number of aliphatic hydroxyl groups excluding tert-OH is 2. The first-order chi connectivity index (χ1) is 13.3. The average molecular weight is 414 g/mol. The zero-order chi connectivity index (χ0) is 20.4. The molecule has 0 aliphatic carbocycles. The van der Waals surface area contributed by atoms with Gasteiger partial charge in [-0.2, -0.15) is 0 Å². The topological polar surface area (TPSA) is 171 Å². The molecule has 1 aliphatic heterocycles. The number of hydrogen-bond acceptors (Lipinski definition) is 10. The number of likely N-dealkylation sites (N-methyl/N-ethyl adjacent to an activating group) is 1. The van der Waals surface area contributed by atoms with Gasteiger partial charge in [0.15, 0.2) is 17.7 Å². The first-order valence-electron chi connectivity index (χ1n) is 8.75. The second-order valence-corrected chi connectivity index (χ2v) is 9.04. The Hall–Kier alpha value is -1.99. The number of anilines is 1. The minimum absolute atomic E-state index is 0.218. The molecule has 3 rings (SSSR count). The number of aliphatic hydroxyl groups is 2. The molecule has 0 saturated carbocycles. The number of imidazole rings is 1. The van der Waals surface area contributed by atoms with E-state index in [-0.39, 0.29) is 16.7 Å². The van der Waals surface area contributed by atoms with Crippen LogP contribution in [0.4, 0.5) is 5.82 Å². The van der Waals surface area contributed by atoms with Gasteiger partial charge < -0.3 is 35.9 Å². The molecule has 0 aromatic carbocycles. The summed E-state index contributed by atoms with van der Waals surface area (Å²) in [4.78, 5) is 23.2. The number of nitrogens with zero attached hydrogens (tertiary/aromatic N) is 4. The second kappa shape index (κ2) is 8.57. The van der Waals surface area contributed by atoms with Crippen molar-refractivity contribution < 1.29 is 24.9 Å². The van der Waals surface area contributed by atoms with Crippen molar-refractivity contribution in [1.29, 1.82) is 0 Å². The monoisotopic (exact) mass is 414 g/mol. The summed E-state index contributed by atoms with van der Waals surface area (Å²) in [5, 5.41) is 34.6. The largest absolute Gasteiger partial charge is 0.548 e. The van der Waals surface area contributed by atoms with Crippen LogP contribution in [0.15, 0.2) is 12.7 Å². The van der Waals surface area contributed by atoms with Crippen LogP contribution in [-0.2, 0) is 20.4 Å². The maximum atomic E-state index is 11.0. The molecule has 0 radical (unpaired) electrons. The number of carboxylic acids is 1. The summed E-state index contributed by atoms with van der Waals surface area (Å²) < 4.78 is 7.44. The van der Waals surface area contributed by atoms with Crippen molar-refractivity contribution in [2.75, 3.05) is 30.5 Å². The Morgan fingerprint density at radius 1 is 1.46 bits per heavy atom. The highest BCUT2D eigenvalue weighted by atomic mass is 32.2. The van der Waals surface area contributed by atoms with Crippen molar-refractivity contribution in [3.63, 3.8) is 0 Å². The number of aromatic nitrogens is 4. The molecule has 1 fully saturated rings. The zero-order valence-corrected chi connectivity index (χ0v) is 16.4. The van der Waals surface area contributed by atoms with E-state index in [1.54, 1.807) is 7.05 Å². The summed E-state index contributed by atoms with van der Waals surface area (Å²) in [6, 6.07) is -0.717. The Kier molecular flexibility index (Phi) is 6.35. The fourth-order valence-corrected chi connectivity index (χ4v) is 4.86. The molecule has 154 valence electrons. The van der Waals surface area contributed by atoms with Gasteiger partial charge in [-0.15, -0.1) is 0 Å². The van der Waals surface area contributed by atoms with E-state index in [9.17, 15) is 20.1 Å². The summed E-state index contributed by atoms with van der Waals surface area (Å²) in [7, 11) is 1.35. The number of ether oxygens (including phenoxy) is 1. The van der Waals surface area contributed by atoms with Crippen molar-refractivity contribution in [2.45, 2.75) is 37.0 Å². The molecule has 0 bridgehead atoms. The third-order valence-electron chi connectivity index (χ3n) is 4.84. The second-order valence-electron chi connectivity index (χ2n) is 6.73. The lowest BCUT2D eigenvalue weighted by molar-refractivity contribution is -0.308. The van der Waals surface area contributed by atoms with Crippen LogP contribution in [0, 0.1) is 0 Å². The van der Waals surface area contributed by atoms with Crippen LogP contribution in [0.2, 0.25) is 0 Å². The molecule has 6 atom stereocenters. The molecule has 3 heterocycles. The molecule has 28 heavy (non-hydrogen) atoms. The predicted octanol–water partition coefficient (Wildman–Crippen LogP) is -3.00. The third-order valence-corrected chi connectivity index (χ3v) is 6.67. The van der Waals surface area contributed by atoms with Gasteiger partial charge in [-0.3, -0.25) is 4.57 Å². The van der Waals surface area contributed by atoms with E-state index in [0.29, 0.717) is 29.1 Å². The van der Waals surface area contributed by atoms with E-state index < -0.39 is 36.6 Å². The first kappa shape index (κ1) is 20.7. The standard InChI is InChI=1S/C16H24N6O5S/c1-18-8(16(25)26)3-4-28(2)5-9-11(23)12(24)15(27-9)22-7-21-10-13(17)19-6-20-14(10)22/h6-9,11-12,15,18,23-24H,3-5H2,1-2H3,(H2-,17,19,20,25,26)/t8-,9+,11+,12+,15+,28?/m0/s1/i1+2. The Labute approximate surface area is 164 Å². The lowest BCUT2D eigenvalue weighted by Crippen LogP contribution is -2.45. The van der Waals surface area contributed by atoms with Crippen molar-refractivity contribution in [3.8, 4) is 0 Å². The summed E-state index contributed by atoms with van der Waals surface area (Å²) >= 11 is 0. The van der Waals surface area contributed by atoms with Gasteiger partial charge in [0.05, 0.1) is 24.6 Å². The molecular weight excluding hydrogens is 390 g/mol. The van der Waals surface area contributed by atoms with Crippen LogP contribution >= 0.6 is 0 Å². The van der Waals surface area contributed by atoms with Gasteiger partial charge >= 0.3 is 0 Å². The maximum absolute atomic E-state index is 11.0. The highest BCUT2D eigenvalue weighted by Gasteiger charge is 2.46. The summed E-state index contributed by atoms with van der Waals surface area (Å²) in [5.74, 6) is 0.197. The molecule has 1 aliphatic rings. The Bertz CT molecular complexity index is 835. The number of rotatable bonds is 8. The van der Waals surface area contributed by atoms with Crippen LogP contribution in [0.5, 0.6) is 0 Å². The van der Waals surface area contributed by atoms with Gasteiger partial charge in [0.2, 0.25) is 0 Å². The Morgan fingerprint density at radius 3 is 2.89 bits per heavy atom. The SMILES string of the molecule is C[S+](CC[C@H](N[14CH3])C(=O)[O-])C[C@H]1O[C@@H](n2cnc3c(N)ncnc32)[C@H](O)[C@@H]1O. The molecule has 0 spiro atoms. The van der Waals surface area contributed by atoms with Crippen LogP contribution < -0.4 is 16.2 Å². The van der Waals surface area contributed by atoms with E-state index in [1.165, 1.54) is 17.2 Å². The van der Waals surface area contributed by atoms with Gasteiger partial charge in [-0.25, -0.2) is 15.0 Å². The summed E-state index contributed by atoms with van der Waals surface area (Å²) in [6.45, 7) is 0. The van der Waals surface area contributed by atoms with E-state index in [1.807, 2.05) is 6.26 Å². The van der Waals surface area contributed by atoms with Gasteiger partial charge in [0, 0.05) is 6.42 Å². The number of fused-ring (bicyclic) bond motifs is 1. The molecule has 1 saturated heterocycles. The number of carboxylic acid groups (broad SMARTS) is 1. The molecule has 2 aromatic rings. The molecule has 0 amide bonds. The lowest BCUT2D eigenvalue weighted by Gasteiger charge is -2.18. The number of aliphatic carboxylic acids is 1. The van der Waals surface area contributed by atoms with Gasteiger partial charge in [-0.05, 0) is 17.9 Å². The minimum Gasteiger partial charge on any atom is -0.548 e. The van der Waals surface area contributed by atoms with Gasteiger partial charge in [-0.1, -0.05) is 0 Å². The number of hydrogen-bond donors (Lipinski definition) is 4. The maximum Gasteiger partial charge on any atom is 0.167 e. The molecule has 2 aromatic heterocycles. The van der Waals surface area contributed by atoms with Crippen LogP contribution in [-0.4, -0.2) is 84.9 Å². The van der Waals surface area contributed by atoms with E-state index in [2.05, 4.69) is 20.3 Å². The van der Waals surface area contributed by atoms with E-state index in [4.69, 9.17) is 10.5 Å². The number of nitrogens with two attached hydrogens (primary N) is 1. The average Bonchev–Trinajstić information content (AvgIpc) is 3.19. The molecule has 1 unspecified atom stereocenters. The zero-order valence-electron chi connectivity index (χ0n) is 15.6. The fraction of sp³-hybridized carbons (Fsp3) is 0.625. The smallest absolute Gasteiger partial charge is 0.167 e. The predicted molar refractivity (Wildman–Crippen MR) is 101 cm³/mol. The van der Waals surface area contributed by atoms with Crippen LogP contribution in [0.3, 0.4) is 0 Å². The number of carbonyl (C=O) groups is 1. The summed E-state index contributed by atoms with van der Waals surface area (Å²) in [6.07, 6.45) is 1.42. The Balaban J connectivity index is 1.67. The number of carbonyl (C=O) groups excluding carboxylic acids is 1. The normalized spacial score (nSPS) is 27.1. The highest BCUT2D eigenvalue weighted by Crippen LogP contribution is 2.32. The lowest BCUT2D eigenvalue weighted by atomic mass is 10.1. The van der Waals surface area contributed by atoms with E-state index in [0.717, 1.165) is 0 Å². The van der Waals surface area contributed by atoms with Crippen molar-refractivity contribution in [1.82, 2.24) is 24.8 Å². The van der Waals surface area contributed by atoms with Crippen molar-refractivity contribution in [2.24, 2.45) is 0 Å². The highest BCUT2D eigenvalue weighted by molar-refractivity contribution is 7.96. The van der Waals surface area contributed by atoms with Gasteiger partial charge in [0.25, 0.3) is 0 Å². The van der Waals surface area contributed by atoms with Crippen molar-refractivity contribution >= 4 is 33.8 Å². The Morgan fingerprint density at radius 2 is 2.21 bits per heavy atom.